The molecule has 1 fully saturated rings. The van der Waals surface area contributed by atoms with E-state index < -0.39 is 0 Å². The molecule has 5 nitrogen and oxygen atoms in total. The Morgan fingerprint density at radius 1 is 1.20 bits per heavy atom. The van der Waals surface area contributed by atoms with Crippen molar-refractivity contribution in [1.82, 2.24) is 24.9 Å². The topological polar surface area (TPSA) is 46.8 Å². The summed E-state index contributed by atoms with van der Waals surface area (Å²) >= 11 is 0. The standard InChI is InChI=1S/C15H21N5/c1-2-15(13-20-11-8-17-18-20)12-19(9-1)10-5-14-3-6-16-7-4-14/h3-4,6-8,11,15H,1-2,5,9-10,12-13H2/t15-/m1/s1. The zero-order valence-electron chi connectivity index (χ0n) is 11.7. The first-order valence-corrected chi connectivity index (χ1v) is 7.35. The molecule has 3 rings (SSSR count). The lowest BCUT2D eigenvalue weighted by atomic mass is 9.97. The van der Waals surface area contributed by atoms with Gasteiger partial charge in [-0.2, -0.15) is 0 Å². The molecule has 0 N–H and O–H groups in total. The van der Waals surface area contributed by atoms with E-state index in [0.29, 0.717) is 5.92 Å². The van der Waals surface area contributed by atoms with Crippen LogP contribution in [0.25, 0.3) is 0 Å². The Bertz CT molecular complexity index is 496. The summed E-state index contributed by atoms with van der Waals surface area (Å²) in [5.41, 5.74) is 1.37. The summed E-state index contributed by atoms with van der Waals surface area (Å²) in [5.74, 6) is 0.697. The van der Waals surface area contributed by atoms with Crippen molar-refractivity contribution in [1.29, 1.82) is 0 Å². The highest BCUT2D eigenvalue weighted by molar-refractivity contribution is 5.09. The van der Waals surface area contributed by atoms with E-state index in [1.807, 2.05) is 23.3 Å². The van der Waals surface area contributed by atoms with Crippen LogP contribution in [0.2, 0.25) is 0 Å². The third-order valence-corrected chi connectivity index (χ3v) is 3.99. The maximum absolute atomic E-state index is 4.07. The molecule has 5 heteroatoms. The van der Waals surface area contributed by atoms with E-state index in [2.05, 4.69) is 32.3 Å². The molecule has 1 aliphatic rings. The molecule has 0 unspecified atom stereocenters. The van der Waals surface area contributed by atoms with Crippen LogP contribution in [0.4, 0.5) is 0 Å². The van der Waals surface area contributed by atoms with Gasteiger partial charge in [-0.3, -0.25) is 9.67 Å². The number of piperidine rings is 1. The largest absolute Gasteiger partial charge is 0.303 e. The Hall–Kier alpha value is -1.75. The molecule has 0 spiro atoms. The highest BCUT2D eigenvalue weighted by Gasteiger charge is 2.20. The van der Waals surface area contributed by atoms with Crippen LogP contribution in [0.1, 0.15) is 18.4 Å². The van der Waals surface area contributed by atoms with Crippen molar-refractivity contribution in [2.24, 2.45) is 5.92 Å². The van der Waals surface area contributed by atoms with Gasteiger partial charge in [-0.15, -0.1) is 5.10 Å². The lowest BCUT2D eigenvalue weighted by Crippen LogP contribution is -2.38. The van der Waals surface area contributed by atoms with Gasteiger partial charge in [-0.25, -0.2) is 0 Å². The first-order valence-electron chi connectivity index (χ1n) is 7.35. The van der Waals surface area contributed by atoms with Gasteiger partial charge in [0.15, 0.2) is 0 Å². The van der Waals surface area contributed by atoms with Gasteiger partial charge in [-0.05, 0) is 49.4 Å². The summed E-state index contributed by atoms with van der Waals surface area (Å²) in [7, 11) is 0. The summed E-state index contributed by atoms with van der Waals surface area (Å²) in [6.45, 7) is 4.52. The lowest BCUT2D eigenvalue weighted by molar-refractivity contribution is 0.161. The third-order valence-electron chi connectivity index (χ3n) is 3.99. The number of nitrogens with zero attached hydrogens (tertiary/aromatic N) is 5. The molecule has 0 radical (unpaired) electrons. The second-order valence-corrected chi connectivity index (χ2v) is 5.54. The average molecular weight is 271 g/mol. The van der Waals surface area contributed by atoms with Gasteiger partial charge < -0.3 is 4.90 Å². The second-order valence-electron chi connectivity index (χ2n) is 5.54. The van der Waals surface area contributed by atoms with Crippen molar-refractivity contribution in [3.63, 3.8) is 0 Å². The molecule has 2 aromatic heterocycles. The predicted octanol–water partition coefficient (Wildman–Crippen LogP) is 1.63. The number of rotatable bonds is 5. The van der Waals surface area contributed by atoms with E-state index in [1.54, 1.807) is 6.20 Å². The van der Waals surface area contributed by atoms with Crippen LogP contribution >= 0.6 is 0 Å². The van der Waals surface area contributed by atoms with Crippen LogP contribution in [-0.2, 0) is 13.0 Å². The highest BCUT2D eigenvalue weighted by Crippen LogP contribution is 2.18. The minimum Gasteiger partial charge on any atom is -0.303 e. The van der Waals surface area contributed by atoms with Gasteiger partial charge in [0.2, 0.25) is 0 Å². The molecule has 1 saturated heterocycles. The van der Waals surface area contributed by atoms with Crippen molar-refractivity contribution < 1.29 is 0 Å². The van der Waals surface area contributed by atoms with Gasteiger partial charge in [0.05, 0.1) is 6.20 Å². The van der Waals surface area contributed by atoms with Crippen LogP contribution in [0.5, 0.6) is 0 Å². The van der Waals surface area contributed by atoms with Gasteiger partial charge >= 0.3 is 0 Å². The first kappa shape index (κ1) is 13.2. The van der Waals surface area contributed by atoms with Crippen LogP contribution in [0.3, 0.4) is 0 Å². The molecule has 20 heavy (non-hydrogen) atoms. The van der Waals surface area contributed by atoms with Crippen LogP contribution in [-0.4, -0.2) is 44.5 Å². The summed E-state index contributed by atoms with van der Waals surface area (Å²) in [6.07, 6.45) is 11.2. The van der Waals surface area contributed by atoms with Gasteiger partial charge in [0.25, 0.3) is 0 Å². The van der Waals surface area contributed by atoms with E-state index in [-0.39, 0.29) is 0 Å². The molecule has 1 atom stereocenters. The van der Waals surface area contributed by atoms with E-state index in [1.165, 1.54) is 31.5 Å². The van der Waals surface area contributed by atoms with Gasteiger partial charge in [0.1, 0.15) is 0 Å². The molecule has 0 aromatic carbocycles. The fourth-order valence-corrected chi connectivity index (χ4v) is 2.93. The molecule has 3 heterocycles. The molecule has 1 aliphatic heterocycles. The van der Waals surface area contributed by atoms with Crippen LogP contribution < -0.4 is 0 Å². The Morgan fingerprint density at radius 2 is 2.10 bits per heavy atom. The Morgan fingerprint density at radius 3 is 2.90 bits per heavy atom. The predicted molar refractivity (Wildman–Crippen MR) is 77.1 cm³/mol. The van der Waals surface area contributed by atoms with E-state index in [0.717, 1.165) is 19.5 Å². The number of aromatic nitrogens is 4. The average Bonchev–Trinajstić information content (AvgIpc) is 3.00. The molecule has 2 aromatic rings. The smallest absolute Gasteiger partial charge is 0.0692 e. The zero-order valence-corrected chi connectivity index (χ0v) is 11.7. The lowest BCUT2D eigenvalue weighted by Gasteiger charge is -2.32. The number of pyridine rings is 1. The molecule has 0 amide bonds. The number of hydrogen-bond donors (Lipinski definition) is 0. The molecule has 0 saturated carbocycles. The molecular weight excluding hydrogens is 250 g/mol. The van der Waals surface area contributed by atoms with E-state index in [4.69, 9.17) is 0 Å². The Kier molecular flexibility index (Phi) is 4.38. The van der Waals surface area contributed by atoms with Crippen LogP contribution in [0, 0.1) is 5.92 Å². The quantitative estimate of drug-likeness (QED) is 0.829. The molecule has 106 valence electrons. The highest BCUT2D eigenvalue weighted by atomic mass is 15.4. The zero-order chi connectivity index (χ0) is 13.6. The molecular formula is C15H21N5. The maximum Gasteiger partial charge on any atom is 0.0692 e. The summed E-state index contributed by atoms with van der Waals surface area (Å²) in [4.78, 5) is 6.64. The van der Waals surface area contributed by atoms with Crippen molar-refractivity contribution >= 4 is 0 Å². The number of likely N-dealkylation sites (tertiary alicyclic amines) is 1. The SMILES string of the molecule is c1cc(CCN2CCC[C@@H](Cn3ccnn3)C2)ccn1. The first-order chi connectivity index (χ1) is 9.90. The maximum atomic E-state index is 4.07. The third kappa shape index (κ3) is 3.63. The van der Waals surface area contributed by atoms with Gasteiger partial charge in [-0.1, -0.05) is 5.21 Å². The fraction of sp³-hybridized carbons (Fsp3) is 0.533. The summed E-state index contributed by atoms with van der Waals surface area (Å²) in [5, 5.41) is 7.95. The second kappa shape index (κ2) is 6.61. The number of hydrogen-bond acceptors (Lipinski definition) is 4. The minimum absolute atomic E-state index is 0.697. The minimum atomic E-state index is 0.697. The van der Waals surface area contributed by atoms with E-state index in [9.17, 15) is 0 Å². The van der Waals surface area contributed by atoms with Crippen LogP contribution in [0.15, 0.2) is 36.9 Å². The monoisotopic (exact) mass is 271 g/mol. The Labute approximate surface area is 119 Å². The summed E-state index contributed by atoms with van der Waals surface area (Å²) < 4.78 is 1.96. The Balaban J connectivity index is 1.48. The van der Waals surface area contributed by atoms with E-state index >= 15 is 0 Å². The molecule has 0 aliphatic carbocycles. The fourth-order valence-electron chi connectivity index (χ4n) is 2.93. The normalized spacial score (nSPS) is 20.1. The van der Waals surface area contributed by atoms with Crippen molar-refractivity contribution in [2.75, 3.05) is 19.6 Å². The summed E-state index contributed by atoms with van der Waals surface area (Å²) in [6, 6.07) is 4.22. The van der Waals surface area contributed by atoms with Crippen molar-refractivity contribution in [3.8, 4) is 0 Å². The molecule has 0 bridgehead atoms. The van der Waals surface area contributed by atoms with Crippen molar-refractivity contribution in [3.05, 3.63) is 42.5 Å². The van der Waals surface area contributed by atoms with Crippen molar-refractivity contribution in [2.45, 2.75) is 25.8 Å². The van der Waals surface area contributed by atoms with Gasteiger partial charge in [0, 0.05) is 38.2 Å².